The van der Waals surface area contributed by atoms with Crippen LogP contribution in [0.2, 0.25) is 0 Å². The maximum atomic E-state index is 11.0. The van der Waals surface area contributed by atoms with Gasteiger partial charge in [-0.25, -0.2) is 0 Å². The predicted octanol–water partition coefficient (Wildman–Crippen LogP) is 5.26. The normalized spacial score (nSPS) is 29.4. The Bertz CT molecular complexity index is 608. The van der Waals surface area contributed by atoms with E-state index in [2.05, 4.69) is 32.6 Å². The van der Waals surface area contributed by atoms with Gasteiger partial charge in [-0.3, -0.25) is 4.79 Å². The zero-order valence-electron chi connectivity index (χ0n) is 18.2. The molecule has 0 aromatic carbocycles. The van der Waals surface area contributed by atoms with Gasteiger partial charge in [-0.05, 0) is 62.7 Å². The van der Waals surface area contributed by atoms with Gasteiger partial charge in [0.15, 0.2) is 0 Å². The summed E-state index contributed by atoms with van der Waals surface area (Å²) >= 11 is 0. The molecule has 0 amide bonds. The first-order chi connectivity index (χ1) is 13.8. The molecule has 1 fully saturated rings. The van der Waals surface area contributed by atoms with Crippen LogP contribution in [-0.2, 0) is 4.79 Å². The van der Waals surface area contributed by atoms with Gasteiger partial charge in [-0.2, -0.15) is 0 Å². The fourth-order valence-electron chi connectivity index (χ4n) is 5.08. The molecule has 2 unspecified atom stereocenters. The Hall–Kier alpha value is -1.39. The zero-order chi connectivity index (χ0) is 21.4. The molecule has 164 valence electrons. The summed E-state index contributed by atoms with van der Waals surface area (Å²) < 4.78 is 0. The number of hydrogen-bond acceptors (Lipinski definition) is 3. The van der Waals surface area contributed by atoms with Crippen LogP contribution in [0, 0.1) is 23.7 Å². The molecular weight excluding hydrogens is 364 g/mol. The first-order valence-corrected chi connectivity index (χ1v) is 11.4. The summed E-state index contributed by atoms with van der Waals surface area (Å²) in [5.41, 5.74) is 0.532. The third-order valence-corrected chi connectivity index (χ3v) is 7.09. The van der Waals surface area contributed by atoms with Crippen LogP contribution in [0.5, 0.6) is 0 Å². The number of unbranched alkanes of at least 4 members (excludes halogenated alkanes) is 2. The van der Waals surface area contributed by atoms with Crippen molar-refractivity contribution in [2.75, 3.05) is 0 Å². The van der Waals surface area contributed by atoms with Gasteiger partial charge in [0.05, 0.1) is 11.7 Å². The minimum atomic E-state index is -0.891. The van der Waals surface area contributed by atoms with E-state index in [4.69, 9.17) is 5.11 Å². The Morgan fingerprint density at radius 3 is 2.79 bits per heavy atom. The Morgan fingerprint density at radius 2 is 2.14 bits per heavy atom. The van der Waals surface area contributed by atoms with Crippen molar-refractivity contribution in [1.82, 2.24) is 0 Å². The molecular formula is C25H40O4. The van der Waals surface area contributed by atoms with E-state index in [1.165, 1.54) is 5.57 Å². The number of carboxylic acids is 1. The van der Waals surface area contributed by atoms with E-state index in [1.54, 1.807) is 6.08 Å². The summed E-state index contributed by atoms with van der Waals surface area (Å²) in [6.45, 7) is 8.11. The van der Waals surface area contributed by atoms with Crippen molar-refractivity contribution >= 4 is 5.97 Å². The molecule has 2 aliphatic carbocycles. The number of hydrogen-bond donors (Lipinski definition) is 3. The van der Waals surface area contributed by atoms with E-state index in [9.17, 15) is 15.0 Å². The monoisotopic (exact) mass is 404 g/mol. The van der Waals surface area contributed by atoms with E-state index >= 15 is 0 Å². The standard InChI is InChI=1S/C25H40O4/c1-4-6-10-18(3)25(29,5-2)14-9-12-21-22-16-19(11-7-8-13-24(27)28)15-20(22)17-23(21)26/h5,9,12,15,18,20-23,26,29H,2,4,6-8,10-11,13-14,16-17H2,1,3H3,(H,27,28)/t18?,20-,21-,22-,23+,25?/m0/s1. The van der Waals surface area contributed by atoms with Crippen molar-refractivity contribution in [1.29, 1.82) is 0 Å². The van der Waals surface area contributed by atoms with Gasteiger partial charge in [0, 0.05) is 12.3 Å². The molecule has 1 saturated carbocycles. The quantitative estimate of drug-likeness (QED) is 0.289. The predicted molar refractivity (Wildman–Crippen MR) is 117 cm³/mol. The van der Waals surface area contributed by atoms with Gasteiger partial charge in [0.2, 0.25) is 0 Å². The van der Waals surface area contributed by atoms with Crippen molar-refractivity contribution in [3.8, 4) is 0 Å². The largest absolute Gasteiger partial charge is 0.481 e. The number of aliphatic hydroxyl groups is 2. The topological polar surface area (TPSA) is 77.8 Å². The third-order valence-electron chi connectivity index (χ3n) is 7.09. The Balaban J connectivity index is 1.88. The highest BCUT2D eigenvalue weighted by Gasteiger charge is 2.43. The lowest BCUT2D eigenvalue weighted by molar-refractivity contribution is -0.137. The van der Waals surface area contributed by atoms with Crippen LogP contribution in [0.25, 0.3) is 0 Å². The minimum absolute atomic E-state index is 0.132. The molecule has 0 aliphatic heterocycles. The Kier molecular flexibility index (Phi) is 9.16. The van der Waals surface area contributed by atoms with Crippen LogP contribution in [-0.4, -0.2) is 33.0 Å². The van der Waals surface area contributed by atoms with Gasteiger partial charge in [-0.15, -0.1) is 6.58 Å². The molecule has 4 nitrogen and oxygen atoms in total. The van der Waals surface area contributed by atoms with Crippen LogP contribution in [0.1, 0.15) is 78.1 Å². The lowest BCUT2D eigenvalue weighted by Crippen LogP contribution is -2.33. The van der Waals surface area contributed by atoms with Crippen LogP contribution >= 0.6 is 0 Å². The number of aliphatic hydroxyl groups excluding tert-OH is 1. The second-order valence-electron chi connectivity index (χ2n) is 9.21. The number of aliphatic carboxylic acids is 1. The van der Waals surface area contributed by atoms with E-state index in [-0.39, 0.29) is 24.4 Å². The van der Waals surface area contributed by atoms with Crippen molar-refractivity contribution < 1.29 is 20.1 Å². The highest BCUT2D eigenvalue weighted by atomic mass is 16.4. The second-order valence-corrected chi connectivity index (χ2v) is 9.21. The third kappa shape index (κ3) is 6.55. The summed E-state index contributed by atoms with van der Waals surface area (Å²) in [4.78, 5) is 10.6. The molecule has 0 bridgehead atoms. The first-order valence-electron chi connectivity index (χ1n) is 11.4. The van der Waals surface area contributed by atoms with E-state index in [0.29, 0.717) is 18.3 Å². The summed E-state index contributed by atoms with van der Waals surface area (Å²) in [5.74, 6) is 0.434. The summed E-state index contributed by atoms with van der Waals surface area (Å²) in [5, 5.41) is 30.3. The highest BCUT2D eigenvalue weighted by Crippen LogP contribution is 2.48. The number of allylic oxidation sites excluding steroid dienone is 2. The number of rotatable bonds is 13. The molecule has 0 radical (unpaired) electrons. The lowest BCUT2D eigenvalue weighted by atomic mass is 9.81. The number of carbonyl (C=O) groups is 1. The van der Waals surface area contributed by atoms with Crippen LogP contribution in [0.4, 0.5) is 0 Å². The first kappa shape index (κ1) is 23.9. The van der Waals surface area contributed by atoms with E-state index in [0.717, 1.165) is 51.4 Å². The molecule has 2 rings (SSSR count). The van der Waals surface area contributed by atoms with Gasteiger partial charge < -0.3 is 15.3 Å². The highest BCUT2D eigenvalue weighted by molar-refractivity contribution is 5.66. The van der Waals surface area contributed by atoms with Gasteiger partial charge in [0.1, 0.15) is 0 Å². The van der Waals surface area contributed by atoms with Gasteiger partial charge in [0.25, 0.3) is 0 Å². The fraction of sp³-hybridized carbons (Fsp3) is 0.720. The summed E-state index contributed by atoms with van der Waals surface area (Å²) in [6.07, 6.45) is 16.3. The molecule has 2 aliphatic rings. The van der Waals surface area contributed by atoms with Crippen LogP contribution in [0.3, 0.4) is 0 Å². The van der Waals surface area contributed by atoms with Gasteiger partial charge >= 0.3 is 5.97 Å². The number of carboxylic acid groups (broad SMARTS) is 1. The van der Waals surface area contributed by atoms with Gasteiger partial charge in [-0.1, -0.05) is 56.6 Å². The van der Waals surface area contributed by atoms with Crippen molar-refractivity contribution in [3.05, 3.63) is 36.5 Å². The second kappa shape index (κ2) is 11.1. The SMILES string of the molecule is C=CC(O)(CC=C[C@H]1[C@H]2CC(CCCCC(=O)O)=C[C@H]2C[C@H]1O)C(C)CCCC. The minimum Gasteiger partial charge on any atom is -0.481 e. The average Bonchev–Trinajstić information content (AvgIpc) is 3.20. The molecule has 0 heterocycles. The maximum absolute atomic E-state index is 11.0. The molecule has 0 aromatic heterocycles. The smallest absolute Gasteiger partial charge is 0.303 e. The lowest BCUT2D eigenvalue weighted by Gasteiger charge is -2.30. The van der Waals surface area contributed by atoms with E-state index in [1.807, 2.05) is 6.08 Å². The molecule has 29 heavy (non-hydrogen) atoms. The fourth-order valence-corrected chi connectivity index (χ4v) is 5.08. The van der Waals surface area contributed by atoms with E-state index < -0.39 is 11.6 Å². The van der Waals surface area contributed by atoms with Crippen molar-refractivity contribution in [2.24, 2.45) is 23.7 Å². The average molecular weight is 405 g/mol. The van der Waals surface area contributed by atoms with Crippen molar-refractivity contribution in [2.45, 2.75) is 89.8 Å². The summed E-state index contributed by atoms with van der Waals surface area (Å²) in [6, 6.07) is 0. The van der Waals surface area contributed by atoms with Crippen molar-refractivity contribution in [3.63, 3.8) is 0 Å². The number of fused-ring (bicyclic) bond motifs is 1. The molecule has 4 heteroatoms. The van der Waals surface area contributed by atoms with Crippen LogP contribution < -0.4 is 0 Å². The maximum Gasteiger partial charge on any atom is 0.303 e. The molecule has 6 atom stereocenters. The molecule has 0 aromatic rings. The Labute approximate surface area is 176 Å². The molecule has 0 spiro atoms. The van der Waals surface area contributed by atoms with Crippen LogP contribution in [0.15, 0.2) is 36.5 Å². The Morgan fingerprint density at radius 1 is 1.38 bits per heavy atom. The molecule has 0 saturated heterocycles. The molecule has 3 N–H and O–H groups in total. The zero-order valence-corrected chi connectivity index (χ0v) is 18.2. The summed E-state index contributed by atoms with van der Waals surface area (Å²) in [7, 11) is 0.